The fraction of sp³-hybridized carbons (Fsp3) is 0.364. The second kappa shape index (κ2) is 5.43. The SMILES string of the molecule is CCOc1c(CC#N)cccc1OC(F)(F)F. The number of nitriles is 1. The Morgan fingerprint density at radius 1 is 1.35 bits per heavy atom. The molecule has 1 aromatic carbocycles. The van der Waals surface area contributed by atoms with Gasteiger partial charge in [-0.3, -0.25) is 0 Å². The van der Waals surface area contributed by atoms with Crippen molar-refractivity contribution >= 4 is 0 Å². The predicted octanol–water partition coefficient (Wildman–Crippen LogP) is 3.05. The van der Waals surface area contributed by atoms with Crippen LogP contribution in [-0.2, 0) is 6.42 Å². The zero-order chi connectivity index (χ0) is 12.9. The Balaban J connectivity index is 3.11. The van der Waals surface area contributed by atoms with Gasteiger partial charge in [0.1, 0.15) is 0 Å². The third-order valence-electron chi connectivity index (χ3n) is 1.84. The van der Waals surface area contributed by atoms with E-state index in [-0.39, 0.29) is 18.8 Å². The summed E-state index contributed by atoms with van der Waals surface area (Å²) in [5, 5.41) is 8.57. The first-order chi connectivity index (χ1) is 7.98. The van der Waals surface area contributed by atoms with Crippen LogP contribution >= 0.6 is 0 Å². The molecule has 0 aliphatic heterocycles. The fourth-order valence-electron chi connectivity index (χ4n) is 1.30. The maximum atomic E-state index is 12.1. The number of nitrogens with zero attached hydrogens (tertiary/aromatic N) is 1. The van der Waals surface area contributed by atoms with Crippen molar-refractivity contribution in [2.75, 3.05) is 6.61 Å². The zero-order valence-electron chi connectivity index (χ0n) is 9.04. The van der Waals surface area contributed by atoms with Gasteiger partial charge in [-0.15, -0.1) is 13.2 Å². The van der Waals surface area contributed by atoms with Gasteiger partial charge < -0.3 is 9.47 Å². The van der Waals surface area contributed by atoms with Crippen LogP contribution in [0.2, 0.25) is 0 Å². The molecule has 0 unspecified atom stereocenters. The topological polar surface area (TPSA) is 42.2 Å². The third kappa shape index (κ3) is 3.87. The summed E-state index contributed by atoms with van der Waals surface area (Å²) in [6.45, 7) is 1.83. The van der Waals surface area contributed by atoms with Gasteiger partial charge >= 0.3 is 6.36 Å². The van der Waals surface area contributed by atoms with Crippen LogP contribution in [0, 0.1) is 11.3 Å². The summed E-state index contributed by atoms with van der Waals surface area (Å²) in [7, 11) is 0. The summed E-state index contributed by atoms with van der Waals surface area (Å²) < 4.78 is 45.3. The molecule has 0 atom stereocenters. The average molecular weight is 245 g/mol. The third-order valence-corrected chi connectivity index (χ3v) is 1.84. The first kappa shape index (κ1) is 13.2. The van der Waals surface area contributed by atoms with E-state index in [1.54, 1.807) is 6.92 Å². The van der Waals surface area contributed by atoms with Crippen LogP contribution in [0.15, 0.2) is 18.2 Å². The molecule has 0 aliphatic rings. The molecule has 0 amide bonds. The molecule has 0 spiro atoms. The second-order valence-electron chi connectivity index (χ2n) is 3.06. The number of rotatable bonds is 4. The highest BCUT2D eigenvalue weighted by Crippen LogP contribution is 2.35. The first-order valence-corrected chi connectivity index (χ1v) is 4.85. The lowest BCUT2D eigenvalue weighted by molar-refractivity contribution is -0.275. The maximum absolute atomic E-state index is 12.1. The largest absolute Gasteiger partial charge is 0.573 e. The minimum absolute atomic E-state index is 0.0334. The Kier molecular flexibility index (Phi) is 4.21. The van der Waals surface area contributed by atoms with Gasteiger partial charge in [0.15, 0.2) is 11.5 Å². The minimum atomic E-state index is -4.78. The lowest BCUT2D eigenvalue weighted by Crippen LogP contribution is -2.18. The molecule has 0 saturated carbocycles. The van der Waals surface area contributed by atoms with E-state index in [2.05, 4.69) is 4.74 Å². The molecule has 0 aliphatic carbocycles. The van der Waals surface area contributed by atoms with E-state index in [1.807, 2.05) is 6.07 Å². The van der Waals surface area contributed by atoms with E-state index in [4.69, 9.17) is 10.00 Å². The quantitative estimate of drug-likeness (QED) is 0.818. The molecule has 92 valence electrons. The molecule has 0 bridgehead atoms. The van der Waals surface area contributed by atoms with E-state index >= 15 is 0 Å². The summed E-state index contributed by atoms with van der Waals surface area (Å²) in [4.78, 5) is 0. The van der Waals surface area contributed by atoms with Gasteiger partial charge in [-0.2, -0.15) is 5.26 Å². The van der Waals surface area contributed by atoms with Crippen LogP contribution in [0.5, 0.6) is 11.5 Å². The lowest BCUT2D eigenvalue weighted by Gasteiger charge is -2.15. The van der Waals surface area contributed by atoms with E-state index in [1.165, 1.54) is 12.1 Å². The number of halogens is 3. The fourth-order valence-corrected chi connectivity index (χ4v) is 1.30. The van der Waals surface area contributed by atoms with Crippen molar-refractivity contribution in [3.05, 3.63) is 23.8 Å². The molecule has 17 heavy (non-hydrogen) atoms. The van der Waals surface area contributed by atoms with Crippen LogP contribution in [0.3, 0.4) is 0 Å². The number of alkyl halides is 3. The molecule has 0 heterocycles. The van der Waals surface area contributed by atoms with Crippen LogP contribution in [0.25, 0.3) is 0 Å². The summed E-state index contributed by atoms with van der Waals surface area (Å²) in [6, 6.07) is 5.92. The number of para-hydroxylation sites is 1. The molecule has 0 radical (unpaired) electrons. The summed E-state index contributed by atoms with van der Waals surface area (Å²) in [5.74, 6) is -0.457. The molecule has 1 aromatic rings. The van der Waals surface area contributed by atoms with Crippen molar-refractivity contribution in [2.24, 2.45) is 0 Å². The molecule has 0 fully saturated rings. The van der Waals surface area contributed by atoms with Crippen LogP contribution in [0.4, 0.5) is 13.2 Å². The van der Waals surface area contributed by atoms with Gasteiger partial charge in [-0.25, -0.2) is 0 Å². The van der Waals surface area contributed by atoms with Crippen molar-refractivity contribution in [3.63, 3.8) is 0 Å². The minimum Gasteiger partial charge on any atom is -0.490 e. The summed E-state index contributed by atoms with van der Waals surface area (Å²) in [6.07, 6.45) is -4.82. The number of hydrogen-bond donors (Lipinski definition) is 0. The average Bonchev–Trinajstić information content (AvgIpc) is 2.21. The van der Waals surface area contributed by atoms with Gasteiger partial charge in [-0.05, 0) is 13.0 Å². The molecular weight excluding hydrogens is 235 g/mol. The van der Waals surface area contributed by atoms with Crippen LogP contribution in [-0.4, -0.2) is 13.0 Å². The molecule has 0 saturated heterocycles. The molecule has 3 nitrogen and oxygen atoms in total. The highest BCUT2D eigenvalue weighted by atomic mass is 19.4. The smallest absolute Gasteiger partial charge is 0.490 e. The number of benzene rings is 1. The Bertz CT molecular complexity index is 424. The zero-order valence-corrected chi connectivity index (χ0v) is 9.04. The van der Waals surface area contributed by atoms with Crippen molar-refractivity contribution in [1.82, 2.24) is 0 Å². The standard InChI is InChI=1S/C11H10F3NO2/c1-2-16-10-8(6-7-15)4-3-5-9(10)17-11(12,13)14/h3-5H,2,6H2,1H3. The molecular formula is C11H10F3NO2. The molecule has 0 N–H and O–H groups in total. The predicted molar refractivity (Wildman–Crippen MR) is 53.6 cm³/mol. The van der Waals surface area contributed by atoms with Gasteiger partial charge in [0.25, 0.3) is 0 Å². The van der Waals surface area contributed by atoms with Gasteiger partial charge in [0.05, 0.1) is 19.1 Å². The van der Waals surface area contributed by atoms with Gasteiger partial charge in [-0.1, -0.05) is 12.1 Å². The van der Waals surface area contributed by atoms with E-state index in [0.717, 1.165) is 6.07 Å². The van der Waals surface area contributed by atoms with Crippen molar-refractivity contribution in [3.8, 4) is 17.6 Å². The highest BCUT2D eigenvalue weighted by Gasteiger charge is 2.32. The van der Waals surface area contributed by atoms with Crippen molar-refractivity contribution in [2.45, 2.75) is 19.7 Å². The van der Waals surface area contributed by atoms with Crippen molar-refractivity contribution in [1.29, 1.82) is 5.26 Å². The summed E-state index contributed by atoms with van der Waals surface area (Å²) in [5.41, 5.74) is 0.371. The monoisotopic (exact) mass is 245 g/mol. The van der Waals surface area contributed by atoms with E-state index in [0.29, 0.717) is 5.56 Å². The van der Waals surface area contributed by atoms with E-state index in [9.17, 15) is 13.2 Å². The van der Waals surface area contributed by atoms with Crippen LogP contribution < -0.4 is 9.47 Å². The Labute approximate surface area is 96.4 Å². The molecule has 6 heteroatoms. The Morgan fingerprint density at radius 2 is 2.06 bits per heavy atom. The normalized spacial score (nSPS) is 10.8. The van der Waals surface area contributed by atoms with Crippen molar-refractivity contribution < 1.29 is 22.6 Å². The van der Waals surface area contributed by atoms with Gasteiger partial charge in [0, 0.05) is 5.56 Å². The Hall–Kier alpha value is -1.90. The molecule has 0 aromatic heterocycles. The number of ether oxygens (including phenoxy) is 2. The number of hydrogen-bond acceptors (Lipinski definition) is 3. The summed E-state index contributed by atoms with van der Waals surface area (Å²) >= 11 is 0. The molecule has 1 rings (SSSR count). The highest BCUT2D eigenvalue weighted by molar-refractivity contribution is 5.47. The van der Waals surface area contributed by atoms with Crippen LogP contribution in [0.1, 0.15) is 12.5 Å². The first-order valence-electron chi connectivity index (χ1n) is 4.85. The van der Waals surface area contributed by atoms with Gasteiger partial charge in [0.2, 0.25) is 0 Å². The Morgan fingerprint density at radius 3 is 2.59 bits per heavy atom. The van der Waals surface area contributed by atoms with E-state index < -0.39 is 12.1 Å². The lowest BCUT2D eigenvalue weighted by atomic mass is 10.1. The second-order valence-corrected chi connectivity index (χ2v) is 3.06. The maximum Gasteiger partial charge on any atom is 0.573 e.